The van der Waals surface area contributed by atoms with Gasteiger partial charge in [0.15, 0.2) is 0 Å². The first-order valence-electron chi connectivity index (χ1n) is 5.65. The first kappa shape index (κ1) is 12.8. The zero-order chi connectivity index (χ0) is 11.8. The van der Waals surface area contributed by atoms with Crippen LogP contribution in [-0.4, -0.2) is 29.8 Å². The van der Waals surface area contributed by atoms with Crippen LogP contribution in [0.1, 0.15) is 18.5 Å². The quantitative estimate of drug-likeness (QED) is 0.542. The zero-order valence-electron chi connectivity index (χ0n) is 10.2. The van der Waals surface area contributed by atoms with E-state index in [1.165, 1.54) is 0 Å². The van der Waals surface area contributed by atoms with Crippen molar-refractivity contribution in [1.29, 1.82) is 0 Å². The monoisotopic (exact) mass is 223 g/mol. The highest BCUT2D eigenvalue weighted by Gasteiger charge is 2.03. The highest BCUT2D eigenvalue weighted by molar-refractivity contribution is 5.29. The third-order valence-electron chi connectivity index (χ3n) is 2.30. The maximum atomic E-state index is 5.03. The second-order valence-electron chi connectivity index (χ2n) is 3.77. The summed E-state index contributed by atoms with van der Waals surface area (Å²) in [5.41, 5.74) is 1.04. The van der Waals surface area contributed by atoms with Gasteiger partial charge < -0.3 is 14.6 Å². The largest absolute Gasteiger partial charge is 0.385 e. The number of anilines is 1. The molecule has 1 aromatic rings. The molecule has 0 aliphatic rings. The number of ether oxygens (including phenoxy) is 1. The lowest BCUT2D eigenvalue weighted by Crippen LogP contribution is -2.07. The number of nitrogens with one attached hydrogen (secondary N) is 1. The third-order valence-corrected chi connectivity index (χ3v) is 2.30. The Morgan fingerprint density at radius 1 is 1.56 bits per heavy atom. The summed E-state index contributed by atoms with van der Waals surface area (Å²) in [6, 6.07) is 0. The second-order valence-corrected chi connectivity index (χ2v) is 3.77. The number of methoxy groups -OCH3 is 1. The van der Waals surface area contributed by atoms with Crippen LogP contribution in [0.2, 0.25) is 0 Å². The van der Waals surface area contributed by atoms with Gasteiger partial charge in [0.05, 0.1) is 5.69 Å². The van der Waals surface area contributed by atoms with Gasteiger partial charge in [-0.05, 0) is 19.8 Å². The number of hydrogen-bond donors (Lipinski definition) is 1. The topological polar surface area (TPSA) is 39.1 Å². The summed E-state index contributed by atoms with van der Waals surface area (Å²) in [4.78, 5) is 4.42. The molecule has 0 aliphatic carbocycles. The molecule has 1 heterocycles. The predicted octanol–water partition coefficient (Wildman–Crippen LogP) is 2.22. The van der Waals surface area contributed by atoms with Crippen molar-refractivity contribution in [3.05, 3.63) is 24.5 Å². The molecule has 1 N–H and O–H groups in total. The molecule has 16 heavy (non-hydrogen) atoms. The summed E-state index contributed by atoms with van der Waals surface area (Å²) in [6.45, 7) is 8.23. The van der Waals surface area contributed by atoms with E-state index < -0.39 is 0 Å². The molecule has 1 rings (SSSR count). The minimum Gasteiger partial charge on any atom is -0.385 e. The first-order chi connectivity index (χ1) is 7.77. The first-order valence-corrected chi connectivity index (χ1v) is 5.65. The summed E-state index contributed by atoms with van der Waals surface area (Å²) in [5.74, 6) is 0.926. The molecule has 0 saturated carbocycles. The lowest BCUT2D eigenvalue weighted by Gasteiger charge is -2.07. The number of unbranched alkanes of at least 4 members (excludes halogenated alkanes) is 1. The normalized spacial score (nSPS) is 10.4. The van der Waals surface area contributed by atoms with E-state index in [9.17, 15) is 0 Å². The number of nitrogens with zero attached hydrogens (tertiary/aromatic N) is 2. The van der Waals surface area contributed by atoms with Crippen molar-refractivity contribution >= 4 is 5.95 Å². The van der Waals surface area contributed by atoms with Crippen molar-refractivity contribution in [2.75, 3.05) is 25.6 Å². The molecule has 0 aromatic carbocycles. The van der Waals surface area contributed by atoms with E-state index in [1.807, 2.05) is 13.0 Å². The van der Waals surface area contributed by atoms with Crippen LogP contribution in [0.3, 0.4) is 0 Å². The van der Waals surface area contributed by atoms with Crippen molar-refractivity contribution in [1.82, 2.24) is 9.55 Å². The van der Waals surface area contributed by atoms with Gasteiger partial charge in [-0.15, -0.1) is 6.58 Å². The Labute approximate surface area is 97.3 Å². The van der Waals surface area contributed by atoms with Crippen LogP contribution < -0.4 is 5.32 Å². The minimum absolute atomic E-state index is 0.745. The molecule has 0 spiro atoms. The third kappa shape index (κ3) is 4.06. The average molecular weight is 223 g/mol. The van der Waals surface area contributed by atoms with Crippen molar-refractivity contribution in [3.8, 4) is 0 Å². The summed E-state index contributed by atoms with van der Waals surface area (Å²) in [7, 11) is 1.73. The Kier molecular flexibility index (Phi) is 5.64. The number of imidazole rings is 1. The van der Waals surface area contributed by atoms with Crippen molar-refractivity contribution < 1.29 is 4.74 Å². The average Bonchev–Trinajstić information content (AvgIpc) is 2.62. The highest BCUT2D eigenvalue weighted by atomic mass is 16.5. The molecule has 0 atom stereocenters. The molecule has 1 aromatic heterocycles. The number of aromatic nitrogens is 2. The van der Waals surface area contributed by atoms with E-state index in [0.717, 1.165) is 44.2 Å². The van der Waals surface area contributed by atoms with Crippen LogP contribution in [0.4, 0.5) is 5.95 Å². The van der Waals surface area contributed by atoms with Gasteiger partial charge in [0, 0.05) is 33.0 Å². The van der Waals surface area contributed by atoms with Crippen molar-refractivity contribution in [2.45, 2.75) is 26.3 Å². The molecule has 0 saturated heterocycles. The van der Waals surface area contributed by atoms with Gasteiger partial charge in [0.25, 0.3) is 0 Å². The van der Waals surface area contributed by atoms with Crippen LogP contribution in [0.25, 0.3) is 0 Å². The van der Waals surface area contributed by atoms with Gasteiger partial charge in [-0.3, -0.25) is 0 Å². The lowest BCUT2D eigenvalue weighted by molar-refractivity contribution is 0.191. The fourth-order valence-corrected chi connectivity index (χ4v) is 1.55. The van der Waals surface area contributed by atoms with E-state index in [2.05, 4.69) is 27.6 Å². The summed E-state index contributed by atoms with van der Waals surface area (Å²) in [5, 5.41) is 3.23. The maximum absolute atomic E-state index is 5.03. The second kappa shape index (κ2) is 7.06. The summed E-state index contributed by atoms with van der Waals surface area (Å²) < 4.78 is 7.17. The Bertz CT molecular complexity index is 320. The molecule has 0 unspecified atom stereocenters. The van der Waals surface area contributed by atoms with Crippen molar-refractivity contribution in [2.24, 2.45) is 0 Å². The fourth-order valence-electron chi connectivity index (χ4n) is 1.55. The summed E-state index contributed by atoms with van der Waals surface area (Å²) in [6.07, 6.45) is 6.08. The molecule has 0 bridgehead atoms. The minimum atomic E-state index is 0.745. The van der Waals surface area contributed by atoms with Crippen LogP contribution in [0.5, 0.6) is 0 Å². The van der Waals surface area contributed by atoms with Gasteiger partial charge in [-0.2, -0.15) is 0 Å². The molecule has 90 valence electrons. The molecular weight excluding hydrogens is 202 g/mol. The Morgan fingerprint density at radius 2 is 2.38 bits per heavy atom. The number of aryl methyl sites for hydroxylation is 2. The predicted molar refractivity (Wildman–Crippen MR) is 66.8 cm³/mol. The maximum Gasteiger partial charge on any atom is 0.203 e. The van der Waals surface area contributed by atoms with E-state index in [0.29, 0.717) is 0 Å². The Morgan fingerprint density at radius 3 is 3.06 bits per heavy atom. The van der Waals surface area contributed by atoms with Gasteiger partial charge >= 0.3 is 0 Å². The van der Waals surface area contributed by atoms with Crippen LogP contribution in [0.15, 0.2) is 18.9 Å². The van der Waals surface area contributed by atoms with Gasteiger partial charge in [0.2, 0.25) is 5.95 Å². The zero-order valence-corrected chi connectivity index (χ0v) is 10.2. The highest BCUT2D eigenvalue weighted by Crippen LogP contribution is 2.09. The Hall–Kier alpha value is -1.29. The van der Waals surface area contributed by atoms with Crippen LogP contribution in [-0.2, 0) is 11.3 Å². The molecule has 0 aliphatic heterocycles. The Balaban J connectivity index is 2.46. The van der Waals surface area contributed by atoms with Crippen molar-refractivity contribution in [3.63, 3.8) is 0 Å². The molecule has 0 radical (unpaired) electrons. The fraction of sp³-hybridized carbons (Fsp3) is 0.583. The molecule has 0 amide bonds. The number of hydrogen-bond acceptors (Lipinski definition) is 3. The molecular formula is C12H21N3O. The van der Waals surface area contributed by atoms with E-state index in [-0.39, 0.29) is 0 Å². The molecule has 4 nitrogen and oxygen atoms in total. The van der Waals surface area contributed by atoms with Gasteiger partial charge in [-0.1, -0.05) is 6.08 Å². The summed E-state index contributed by atoms with van der Waals surface area (Å²) >= 11 is 0. The standard InChI is InChI=1S/C12H21N3O/c1-4-7-13-12-14-11(2)10-15(12)8-5-6-9-16-3/h4,10H,1,5-9H2,2-3H3,(H,13,14). The van der Waals surface area contributed by atoms with E-state index in [4.69, 9.17) is 4.74 Å². The van der Waals surface area contributed by atoms with Gasteiger partial charge in [0.1, 0.15) is 0 Å². The van der Waals surface area contributed by atoms with Gasteiger partial charge in [-0.25, -0.2) is 4.98 Å². The van der Waals surface area contributed by atoms with E-state index >= 15 is 0 Å². The SMILES string of the molecule is C=CCNc1nc(C)cn1CCCCOC. The lowest BCUT2D eigenvalue weighted by atomic mass is 10.3. The van der Waals surface area contributed by atoms with Crippen LogP contribution >= 0.6 is 0 Å². The van der Waals surface area contributed by atoms with E-state index in [1.54, 1.807) is 7.11 Å². The smallest absolute Gasteiger partial charge is 0.203 e. The number of rotatable bonds is 8. The van der Waals surface area contributed by atoms with Crippen LogP contribution in [0, 0.1) is 6.92 Å². The molecule has 0 fully saturated rings. The molecule has 4 heteroatoms.